The van der Waals surface area contributed by atoms with Crippen LogP contribution in [0.2, 0.25) is 0 Å². The molecule has 1 heterocycles. The maximum atomic E-state index is 12.7. The third-order valence-corrected chi connectivity index (χ3v) is 5.71. The molecule has 3 rings (SSSR count). The molecule has 0 saturated heterocycles. The Kier molecular flexibility index (Phi) is 10.1. The number of esters is 1. The molecule has 34 heavy (non-hydrogen) atoms. The second-order valence-electron chi connectivity index (χ2n) is 8.52. The van der Waals surface area contributed by atoms with Crippen LogP contribution in [0.4, 0.5) is 5.69 Å². The number of carbonyl (C=O) groups excluding carboxylic acids is 2. The van der Waals surface area contributed by atoms with E-state index < -0.39 is 0 Å². The third kappa shape index (κ3) is 7.99. The van der Waals surface area contributed by atoms with Gasteiger partial charge in [0.05, 0.1) is 19.4 Å². The Morgan fingerprint density at radius 3 is 2.56 bits per heavy atom. The Bertz CT molecular complexity index is 972. The number of hydrogen-bond donors (Lipinski definition) is 1. The van der Waals surface area contributed by atoms with Gasteiger partial charge in [-0.1, -0.05) is 50.0 Å². The van der Waals surface area contributed by atoms with Crippen molar-refractivity contribution in [3.8, 4) is 0 Å². The van der Waals surface area contributed by atoms with Crippen molar-refractivity contribution in [1.82, 2.24) is 4.90 Å². The van der Waals surface area contributed by atoms with Gasteiger partial charge in [0.25, 0.3) is 5.91 Å². The lowest BCUT2D eigenvalue weighted by Crippen LogP contribution is -2.35. The molecule has 0 bridgehead atoms. The molecule has 1 aliphatic heterocycles. The number of fused-ring (bicyclic) bond motifs is 1. The highest BCUT2D eigenvalue weighted by molar-refractivity contribution is 6.04. The van der Waals surface area contributed by atoms with Crippen molar-refractivity contribution in [2.24, 2.45) is 5.16 Å². The Labute approximate surface area is 202 Å². The first-order chi connectivity index (χ1) is 16.6. The fourth-order valence-electron chi connectivity index (χ4n) is 3.67. The van der Waals surface area contributed by atoms with Crippen LogP contribution < -0.4 is 5.32 Å². The van der Waals surface area contributed by atoms with Crippen molar-refractivity contribution >= 4 is 23.8 Å². The van der Waals surface area contributed by atoms with Crippen LogP contribution in [0.3, 0.4) is 0 Å². The van der Waals surface area contributed by atoms with Gasteiger partial charge < -0.3 is 14.9 Å². The van der Waals surface area contributed by atoms with E-state index >= 15 is 0 Å². The standard InChI is InChI=1S/C27H35N3O4/c1-3-5-15-33-26(31)20-30-14-13-22-11-12-25(17-24(22)19-30)29-27(32)23-9-7-21(8-10-23)18-28-34-16-6-4-2/h7-12,17-18H,3-6,13-16,19-20H2,1-2H3,(H,29,32). The molecule has 2 aromatic carbocycles. The van der Waals surface area contributed by atoms with Crippen LogP contribution in [0.5, 0.6) is 0 Å². The van der Waals surface area contributed by atoms with Gasteiger partial charge >= 0.3 is 5.97 Å². The minimum atomic E-state index is -0.178. The quantitative estimate of drug-likeness (QED) is 0.211. The highest BCUT2D eigenvalue weighted by Gasteiger charge is 2.20. The number of benzene rings is 2. The van der Waals surface area contributed by atoms with Gasteiger partial charge in [-0.3, -0.25) is 14.5 Å². The number of anilines is 1. The Morgan fingerprint density at radius 2 is 1.79 bits per heavy atom. The van der Waals surface area contributed by atoms with E-state index in [0.717, 1.165) is 55.5 Å². The lowest BCUT2D eigenvalue weighted by molar-refractivity contribution is -0.145. The number of nitrogens with zero attached hydrogens (tertiary/aromatic N) is 2. The lowest BCUT2D eigenvalue weighted by atomic mass is 9.99. The largest absolute Gasteiger partial charge is 0.465 e. The summed E-state index contributed by atoms with van der Waals surface area (Å²) in [6.07, 6.45) is 6.45. The second-order valence-corrected chi connectivity index (χ2v) is 8.52. The Morgan fingerprint density at radius 1 is 1.03 bits per heavy atom. The van der Waals surface area contributed by atoms with E-state index in [9.17, 15) is 9.59 Å². The fraction of sp³-hybridized carbons (Fsp3) is 0.444. The predicted molar refractivity (Wildman–Crippen MR) is 134 cm³/mol. The number of oxime groups is 1. The first-order valence-electron chi connectivity index (χ1n) is 12.2. The molecule has 1 N–H and O–H groups in total. The van der Waals surface area contributed by atoms with Gasteiger partial charge in [-0.2, -0.15) is 0 Å². The van der Waals surface area contributed by atoms with Gasteiger partial charge in [0.1, 0.15) is 6.61 Å². The van der Waals surface area contributed by atoms with Crippen LogP contribution in [-0.4, -0.2) is 49.3 Å². The Balaban J connectivity index is 1.53. The SMILES string of the molecule is CCCCON=Cc1ccc(C(=O)Nc2ccc3c(c2)CN(CC(=O)OCCCC)CC3)cc1. The third-order valence-electron chi connectivity index (χ3n) is 5.71. The van der Waals surface area contributed by atoms with Gasteiger partial charge in [-0.25, -0.2) is 0 Å². The van der Waals surface area contributed by atoms with Crippen LogP contribution in [-0.2, 0) is 27.3 Å². The van der Waals surface area contributed by atoms with E-state index in [1.165, 1.54) is 5.56 Å². The van der Waals surface area contributed by atoms with Crippen molar-refractivity contribution < 1.29 is 19.2 Å². The second kappa shape index (κ2) is 13.5. The molecule has 7 nitrogen and oxygen atoms in total. The monoisotopic (exact) mass is 465 g/mol. The topological polar surface area (TPSA) is 80.2 Å². The first kappa shape index (κ1) is 25.4. The minimum Gasteiger partial charge on any atom is -0.465 e. The van der Waals surface area contributed by atoms with Crippen molar-refractivity contribution in [2.45, 2.75) is 52.5 Å². The molecule has 2 aromatic rings. The van der Waals surface area contributed by atoms with Crippen LogP contribution in [0.25, 0.3) is 0 Å². The van der Waals surface area contributed by atoms with Crippen LogP contribution in [0, 0.1) is 0 Å². The average molecular weight is 466 g/mol. The normalized spacial score (nSPS) is 13.5. The zero-order chi connectivity index (χ0) is 24.2. The van der Waals surface area contributed by atoms with E-state index in [4.69, 9.17) is 9.57 Å². The molecule has 1 amide bonds. The summed E-state index contributed by atoms with van der Waals surface area (Å²) in [6, 6.07) is 13.2. The molecule has 0 aliphatic carbocycles. The molecule has 1 aliphatic rings. The van der Waals surface area contributed by atoms with Crippen LogP contribution in [0.1, 0.15) is 66.6 Å². The van der Waals surface area contributed by atoms with E-state index in [-0.39, 0.29) is 11.9 Å². The number of nitrogens with one attached hydrogen (secondary N) is 1. The molecule has 0 unspecified atom stereocenters. The number of rotatable bonds is 12. The molecular formula is C27H35N3O4. The van der Waals surface area contributed by atoms with E-state index in [1.807, 2.05) is 24.3 Å². The van der Waals surface area contributed by atoms with E-state index in [1.54, 1.807) is 18.3 Å². The van der Waals surface area contributed by atoms with Crippen molar-refractivity contribution in [3.05, 3.63) is 64.7 Å². The number of ether oxygens (including phenoxy) is 1. The summed E-state index contributed by atoms with van der Waals surface area (Å²) < 4.78 is 5.29. The summed E-state index contributed by atoms with van der Waals surface area (Å²) in [6.45, 7) is 7.03. The van der Waals surface area contributed by atoms with Crippen molar-refractivity contribution in [3.63, 3.8) is 0 Å². The molecule has 0 aromatic heterocycles. The molecule has 182 valence electrons. The van der Waals surface area contributed by atoms with E-state index in [2.05, 4.69) is 35.3 Å². The molecule has 0 spiro atoms. The summed E-state index contributed by atoms with van der Waals surface area (Å²) in [4.78, 5) is 32.1. The summed E-state index contributed by atoms with van der Waals surface area (Å²) in [5, 5.41) is 6.92. The molecule has 0 fully saturated rings. The number of amides is 1. The summed E-state index contributed by atoms with van der Waals surface area (Å²) in [5.74, 6) is -0.350. The van der Waals surface area contributed by atoms with Crippen LogP contribution in [0.15, 0.2) is 47.6 Å². The minimum absolute atomic E-state index is 0.171. The maximum Gasteiger partial charge on any atom is 0.320 e. The zero-order valence-electron chi connectivity index (χ0n) is 20.2. The number of carbonyl (C=O) groups is 2. The predicted octanol–water partition coefficient (Wildman–Crippen LogP) is 4.79. The number of unbranched alkanes of at least 4 members (excludes halogenated alkanes) is 2. The van der Waals surface area contributed by atoms with Gasteiger partial charge in [0, 0.05) is 24.3 Å². The zero-order valence-corrected chi connectivity index (χ0v) is 20.2. The fourth-order valence-corrected chi connectivity index (χ4v) is 3.67. The van der Waals surface area contributed by atoms with Gasteiger partial charge in [0.2, 0.25) is 0 Å². The van der Waals surface area contributed by atoms with Gasteiger partial charge in [-0.05, 0) is 60.2 Å². The average Bonchev–Trinajstić information content (AvgIpc) is 2.84. The number of hydrogen-bond acceptors (Lipinski definition) is 6. The molecule has 0 atom stereocenters. The molecular weight excluding hydrogens is 430 g/mol. The Hall–Kier alpha value is -3.19. The highest BCUT2D eigenvalue weighted by Crippen LogP contribution is 2.23. The lowest BCUT2D eigenvalue weighted by Gasteiger charge is -2.28. The van der Waals surface area contributed by atoms with E-state index in [0.29, 0.717) is 31.9 Å². The summed E-state index contributed by atoms with van der Waals surface area (Å²) >= 11 is 0. The summed E-state index contributed by atoms with van der Waals surface area (Å²) in [7, 11) is 0. The van der Waals surface area contributed by atoms with Crippen molar-refractivity contribution in [1.29, 1.82) is 0 Å². The highest BCUT2D eigenvalue weighted by atomic mass is 16.6. The van der Waals surface area contributed by atoms with Crippen molar-refractivity contribution in [2.75, 3.05) is 31.6 Å². The molecule has 0 radical (unpaired) electrons. The molecule has 7 heteroatoms. The van der Waals surface area contributed by atoms with Gasteiger partial charge in [-0.15, -0.1) is 0 Å². The van der Waals surface area contributed by atoms with Crippen LogP contribution >= 0.6 is 0 Å². The maximum absolute atomic E-state index is 12.7. The first-order valence-corrected chi connectivity index (χ1v) is 12.2. The summed E-state index contributed by atoms with van der Waals surface area (Å²) in [5.41, 5.74) is 4.55. The van der Waals surface area contributed by atoms with Gasteiger partial charge in [0.15, 0.2) is 0 Å². The smallest absolute Gasteiger partial charge is 0.320 e. The molecule has 0 saturated carbocycles.